The second-order valence-corrected chi connectivity index (χ2v) is 8.73. The molecule has 1 saturated heterocycles. The van der Waals surface area contributed by atoms with Gasteiger partial charge in [-0.15, -0.1) is 0 Å². The number of benzene rings is 2. The van der Waals surface area contributed by atoms with E-state index in [0.717, 1.165) is 36.5 Å². The highest BCUT2D eigenvalue weighted by Crippen LogP contribution is 2.33. The van der Waals surface area contributed by atoms with E-state index in [2.05, 4.69) is 34.3 Å². The fourth-order valence-electron chi connectivity index (χ4n) is 4.28. The number of hydrogen-bond donors (Lipinski definition) is 1. The summed E-state index contributed by atoms with van der Waals surface area (Å²) in [5, 5.41) is 2.89. The molecule has 2 aromatic carbocycles. The highest BCUT2D eigenvalue weighted by atomic mass is 16.7. The van der Waals surface area contributed by atoms with E-state index in [1.54, 1.807) is 0 Å². The molecule has 34 heavy (non-hydrogen) atoms. The number of oxazole rings is 1. The highest BCUT2D eigenvalue weighted by Gasteiger charge is 2.20. The van der Waals surface area contributed by atoms with Crippen LogP contribution in [0.5, 0.6) is 11.5 Å². The van der Waals surface area contributed by atoms with Crippen molar-refractivity contribution in [3.63, 3.8) is 0 Å². The fraction of sp³-hybridized carbons (Fsp3) is 0.385. The SMILES string of the molecule is Cc1ccccc1CN(Cc1ccc2c(c1)OCO2)Cc1nc(C(=O)NC[C@@H]2CCCO2)co1. The molecule has 1 aromatic heterocycles. The molecule has 1 amide bonds. The molecule has 0 unspecified atom stereocenters. The number of aromatic nitrogens is 1. The van der Waals surface area contributed by atoms with Crippen molar-refractivity contribution >= 4 is 5.91 Å². The van der Waals surface area contributed by atoms with Crippen LogP contribution in [0.25, 0.3) is 0 Å². The Morgan fingerprint density at radius 2 is 2.00 bits per heavy atom. The van der Waals surface area contributed by atoms with E-state index in [4.69, 9.17) is 18.6 Å². The van der Waals surface area contributed by atoms with Crippen LogP contribution in [0.3, 0.4) is 0 Å². The molecule has 3 aromatic rings. The van der Waals surface area contributed by atoms with E-state index in [1.165, 1.54) is 17.4 Å². The zero-order valence-corrected chi connectivity index (χ0v) is 19.3. The van der Waals surface area contributed by atoms with Gasteiger partial charge in [-0.05, 0) is 48.6 Å². The molecule has 8 heteroatoms. The van der Waals surface area contributed by atoms with Crippen molar-refractivity contribution in [2.45, 2.75) is 45.5 Å². The molecular formula is C26H29N3O5. The summed E-state index contributed by atoms with van der Waals surface area (Å²) < 4.78 is 22.2. The van der Waals surface area contributed by atoms with E-state index in [-0.39, 0.29) is 24.5 Å². The molecule has 1 fully saturated rings. The predicted octanol–water partition coefficient (Wildman–Crippen LogP) is 3.82. The van der Waals surface area contributed by atoms with Gasteiger partial charge in [0, 0.05) is 26.2 Å². The summed E-state index contributed by atoms with van der Waals surface area (Å²) in [6.07, 6.45) is 3.51. The second kappa shape index (κ2) is 10.3. The van der Waals surface area contributed by atoms with Gasteiger partial charge in [0.1, 0.15) is 6.26 Å². The summed E-state index contributed by atoms with van der Waals surface area (Å²) in [5.41, 5.74) is 3.83. The molecule has 0 aliphatic carbocycles. The topological polar surface area (TPSA) is 86.1 Å². The van der Waals surface area contributed by atoms with E-state index in [1.807, 2.05) is 30.3 Å². The standard InChI is InChI=1S/C26H29N3O5/c1-18-5-2-3-6-20(18)14-29(13-19-8-9-23-24(11-19)34-17-33-23)15-25-28-22(16-32-25)26(30)27-12-21-7-4-10-31-21/h2-3,5-6,8-9,11,16,21H,4,7,10,12-15,17H2,1H3,(H,27,30)/t21-/m0/s1. The Labute approximate surface area is 198 Å². The summed E-state index contributed by atoms with van der Waals surface area (Å²) in [7, 11) is 0. The maximum atomic E-state index is 12.5. The van der Waals surface area contributed by atoms with E-state index >= 15 is 0 Å². The van der Waals surface area contributed by atoms with Gasteiger partial charge in [-0.25, -0.2) is 4.98 Å². The first-order valence-electron chi connectivity index (χ1n) is 11.6. The lowest BCUT2D eigenvalue weighted by atomic mass is 10.1. The van der Waals surface area contributed by atoms with Crippen molar-refractivity contribution in [1.82, 2.24) is 15.2 Å². The Hall–Kier alpha value is -3.36. The lowest BCUT2D eigenvalue weighted by Crippen LogP contribution is -2.32. The van der Waals surface area contributed by atoms with Crippen molar-refractivity contribution in [2.24, 2.45) is 0 Å². The lowest BCUT2D eigenvalue weighted by molar-refractivity contribution is 0.0853. The number of hydrogen-bond acceptors (Lipinski definition) is 7. The number of ether oxygens (including phenoxy) is 3. The molecule has 2 aliphatic heterocycles. The first kappa shape index (κ1) is 22.4. The molecule has 1 atom stereocenters. The van der Waals surface area contributed by atoms with Gasteiger partial charge in [-0.3, -0.25) is 9.69 Å². The Kier molecular flexibility index (Phi) is 6.78. The average molecular weight is 464 g/mol. The summed E-state index contributed by atoms with van der Waals surface area (Å²) in [6.45, 7) is 5.44. The highest BCUT2D eigenvalue weighted by molar-refractivity contribution is 5.91. The Morgan fingerprint density at radius 1 is 1.12 bits per heavy atom. The van der Waals surface area contributed by atoms with Gasteiger partial charge in [-0.1, -0.05) is 30.3 Å². The minimum atomic E-state index is -0.244. The summed E-state index contributed by atoms with van der Waals surface area (Å²) in [4.78, 5) is 19.2. The number of carbonyl (C=O) groups is 1. The normalized spacial score (nSPS) is 16.8. The Balaban J connectivity index is 1.28. The molecule has 0 radical (unpaired) electrons. The lowest BCUT2D eigenvalue weighted by Gasteiger charge is -2.22. The van der Waals surface area contributed by atoms with Crippen LogP contribution >= 0.6 is 0 Å². The number of aryl methyl sites for hydroxylation is 1. The van der Waals surface area contributed by atoms with Crippen LogP contribution in [0.4, 0.5) is 0 Å². The van der Waals surface area contributed by atoms with Crippen LogP contribution in [0.15, 0.2) is 53.1 Å². The quantitative estimate of drug-likeness (QED) is 0.516. The van der Waals surface area contributed by atoms with E-state index in [0.29, 0.717) is 32.1 Å². The number of carbonyl (C=O) groups excluding carboxylic acids is 1. The number of amides is 1. The first-order valence-corrected chi connectivity index (χ1v) is 11.6. The molecule has 0 bridgehead atoms. The van der Waals surface area contributed by atoms with Crippen LogP contribution in [-0.2, 0) is 24.4 Å². The van der Waals surface area contributed by atoms with Crippen molar-refractivity contribution in [2.75, 3.05) is 19.9 Å². The van der Waals surface area contributed by atoms with Gasteiger partial charge in [-0.2, -0.15) is 0 Å². The zero-order valence-electron chi connectivity index (χ0n) is 19.3. The Bertz CT molecular complexity index is 1140. The number of nitrogens with one attached hydrogen (secondary N) is 1. The molecule has 2 aliphatic rings. The van der Waals surface area contributed by atoms with Gasteiger partial charge in [0.15, 0.2) is 17.2 Å². The van der Waals surface area contributed by atoms with Crippen LogP contribution in [0.1, 0.15) is 45.9 Å². The van der Waals surface area contributed by atoms with E-state index < -0.39 is 0 Å². The average Bonchev–Trinajstić information content (AvgIpc) is 3.61. The molecule has 178 valence electrons. The van der Waals surface area contributed by atoms with Crippen LogP contribution in [0.2, 0.25) is 0 Å². The molecule has 8 nitrogen and oxygen atoms in total. The summed E-state index contributed by atoms with van der Waals surface area (Å²) in [6, 6.07) is 14.3. The third-order valence-corrected chi connectivity index (χ3v) is 6.16. The minimum absolute atomic E-state index is 0.0848. The van der Waals surface area contributed by atoms with Gasteiger partial charge in [0.05, 0.1) is 12.6 Å². The molecule has 0 saturated carbocycles. The summed E-state index contributed by atoms with van der Waals surface area (Å²) in [5.74, 6) is 1.78. The minimum Gasteiger partial charge on any atom is -0.454 e. The first-order chi connectivity index (χ1) is 16.6. The fourth-order valence-corrected chi connectivity index (χ4v) is 4.28. The third kappa shape index (κ3) is 5.40. The molecular weight excluding hydrogens is 434 g/mol. The molecule has 1 N–H and O–H groups in total. The van der Waals surface area contributed by atoms with Gasteiger partial charge in [0.2, 0.25) is 12.7 Å². The second-order valence-electron chi connectivity index (χ2n) is 8.73. The van der Waals surface area contributed by atoms with Crippen molar-refractivity contribution in [3.8, 4) is 11.5 Å². The molecule has 3 heterocycles. The summed E-state index contributed by atoms with van der Waals surface area (Å²) >= 11 is 0. The van der Waals surface area contributed by atoms with Crippen LogP contribution < -0.4 is 14.8 Å². The maximum absolute atomic E-state index is 12.5. The zero-order chi connectivity index (χ0) is 23.3. The molecule has 0 spiro atoms. The maximum Gasteiger partial charge on any atom is 0.273 e. The smallest absolute Gasteiger partial charge is 0.273 e. The van der Waals surface area contributed by atoms with Gasteiger partial charge >= 0.3 is 0 Å². The third-order valence-electron chi connectivity index (χ3n) is 6.16. The van der Waals surface area contributed by atoms with Crippen LogP contribution in [0, 0.1) is 6.92 Å². The van der Waals surface area contributed by atoms with Crippen molar-refractivity contribution in [3.05, 3.63) is 77.0 Å². The monoisotopic (exact) mass is 463 g/mol. The van der Waals surface area contributed by atoms with Crippen LogP contribution in [-0.4, -0.2) is 41.8 Å². The van der Waals surface area contributed by atoms with E-state index in [9.17, 15) is 4.79 Å². The van der Waals surface area contributed by atoms with Crippen molar-refractivity contribution in [1.29, 1.82) is 0 Å². The number of rotatable bonds is 9. The largest absolute Gasteiger partial charge is 0.454 e. The van der Waals surface area contributed by atoms with Gasteiger partial charge in [0.25, 0.3) is 5.91 Å². The number of fused-ring (bicyclic) bond motifs is 1. The number of nitrogens with zero attached hydrogens (tertiary/aromatic N) is 2. The van der Waals surface area contributed by atoms with Crippen molar-refractivity contribution < 1.29 is 23.4 Å². The molecule has 5 rings (SSSR count). The predicted molar refractivity (Wildman–Crippen MR) is 125 cm³/mol. The Morgan fingerprint density at radius 3 is 2.85 bits per heavy atom. The van der Waals surface area contributed by atoms with Gasteiger partial charge < -0.3 is 23.9 Å².